The Morgan fingerprint density at radius 3 is 2.34 bits per heavy atom. The minimum absolute atomic E-state index is 0.00716. The number of halogens is 4. The van der Waals surface area contributed by atoms with Crippen molar-refractivity contribution in [2.75, 3.05) is 10.6 Å². The zero-order valence-electron chi connectivity index (χ0n) is 15.0. The predicted octanol–water partition coefficient (Wildman–Crippen LogP) is 5.22. The summed E-state index contributed by atoms with van der Waals surface area (Å²) in [6, 6.07) is 16.1. The maximum Gasteiger partial charge on any atom is 0.194 e. The fourth-order valence-electron chi connectivity index (χ4n) is 3.15. The van der Waals surface area contributed by atoms with Crippen LogP contribution in [0.25, 0.3) is 0 Å². The SMILES string of the molecule is NC1(Cc2ccc(Cl)cc2)Nc2ccccc2N=C1Nc1cc(F)c(F)c(F)c1. The number of nitrogens with one attached hydrogen (secondary N) is 2. The highest BCUT2D eigenvalue weighted by molar-refractivity contribution is 6.30. The Morgan fingerprint density at radius 1 is 1.00 bits per heavy atom. The van der Waals surface area contributed by atoms with Crippen molar-refractivity contribution in [3.8, 4) is 0 Å². The Kier molecular flexibility index (Phi) is 4.94. The molecule has 0 saturated carbocycles. The van der Waals surface area contributed by atoms with Crippen LogP contribution in [0.5, 0.6) is 0 Å². The molecule has 0 amide bonds. The van der Waals surface area contributed by atoms with Gasteiger partial charge in [-0.05, 0) is 29.8 Å². The minimum atomic E-state index is -1.54. The summed E-state index contributed by atoms with van der Waals surface area (Å²) in [6.07, 6.45) is 0.302. The Balaban J connectivity index is 1.74. The maximum atomic E-state index is 13.7. The zero-order chi connectivity index (χ0) is 20.6. The topological polar surface area (TPSA) is 62.4 Å². The van der Waals surface area contributed by atoms with Crippen molar-refractivity contribution in [2.45, 2.75) is 12.1 Å². The van der Waals surface area contributed by atoms with Crippen molar-refractivity contribution in [3.63, 3.8) is 0 Å². The molecule has 4 rings (SSSR count). The van der Waals surface area contributed by atoms with Crippen LogP contribution < -0.4 is 16.4 Å². The van der Waals surface area contributed by atoms with Crippen molar-refractivity contribution in [1.82, 2.24) is 0 Å². The number of anilines is 2. The molecule has 1 aliphatic rings. The molecule has 1 atom stereocenters. The summed E-state index contributed by atoms with van der Waals surface area (Å²) in [5, 5.41) is 6.67. The second-order valence-electron chi connectivity index (χ2n) is 6.76. The van der Waals surface area contributed by atoms with Gasteiger partial charge in [0.1, 0.15) is 11.5 Å². The van der Waals surface area contributed by atoms with Crippen LogP contribution in [-0.4, -0.2) is 11.5 Å². The Morgan fingerprint density at radius 2 is 1.66 bits per heavy atom. The van der Waals surface area contributed by atoms with Gasteiger partial charge in [0.15, 0.2) is 17.5 Å². The van der Waals surface area contributed by atoms with Crippen LogP contribution in [0.2, 0.25) is 5.02 Å². The van der Waals surface area contributed by atoms with Gasteiger partial charge in [-0.2, -0.15) is 0 Å². The van der Waals surface area contributed by atoms with Crippen molar-refractivity contribution >= 4 is 34.5 Å². The summed E-state index contributed by atoms with van der Waals surface area (Å²) in [5.41, 5.74) is 7.61. The van der Waals surface area contributed by atoms with Gasteiger partial charge in [0.25, 0.3) is 0 Å². The fourth-order valence-corrected chi connectivity index (χ4v) is 3.28. The van der Waals surface area contributed by atoms with E-state index in [9.17, 15) is 13.2 Å². The van der Waals surface area contributed by atoms with Crippen LogP contribution in [0.1, 0.15) is 5.56 Å². The molecule has 0 saturated heterocycles. The van der Waals surface area contributed by atoms with E-state index in [1.165, 1.54) is 0 Å². The second-order valence-corrected chi connectivity index (χ2v) is 7.19. The highest BCUT2D eigenvalue weighted by Crippen LogP contribution is 2.33. The smallest absolute Gasteiger partial charge is 0.194 e. The first-order chi connectivity index (χ1) is 13.8. The van der Waals surface area contributed by atoms with E-state index >= 15 is 0 Å². The van der Waals surface area contributed by atoms with E-state index in [4.69, 9.17) is 17.3 Å². The summed E-state index contributed by atoms with van der Waals surface area (Å²) in [6.45, 7) is 0. The summed E-state index contributed by atoms with van der Waals surface area (Å²) < 4.78 is 40.6. The fraction of sp³-hybridized carbons (Fsp3) is 0.0952. The van der Waals surface area contributed by atoms with Crippen LogP contribution in [0.15, 0.2) is 65.7 Å². The molecule has 4 nitrogen and oxygen atoms in total. The molecule has 0 aliphatic carbocycles. The third-order valence-corrected chi connectivity index (χ3v) is 4.81. The van der Waals surface area contributed by atoms with Crippen molar-refractivity contribution in [3.05, 3.63) is 88.7 Å². The lowest BCUT2D eigenvalue weighted by molar-refractivity contribution is 0.448. The molecule has 3 aromatic rings. The Hall–Kier alpha value is -3.03. The van der Waals surface area contributed by atoms with Crippen LogP contribution >= 0.6 is 11.6 Å². The number of fused-ring (bicyclic) bond motifs is 1. The number of hydrogen-bond donors (Lipinski definition) is 3. The van der Waals surface area contributed by atoms with E-state index in [-0.39, 0.29) is 11.5 Å². The Bertz CT molecular complexity index is 1080. The second kappa shape index (κ2) is 7.42. The molecule has 0 bridgehead atoms. The van der Waals surface area contributed by atoms with E-state index in [0.29, 0.717) is 22.8 Å². The average molecular weight is 417 g/mol. The lowest BCUT2D eigenvalue weighted by Crippen LogP contribution is -2.60. The lowest BCUT2D eigenvalue weighted by Gasteiger charge is -2.37. The van der Waals surface area contributed by atoms with Crippen molar-refractivity contribution in [2.24, 2.45) is 10.7 Å². The van der Waals surface area contributed by atoms with E-state index in [1.807, 2.05) is 30.3 Å². The number of amidine groups is 1. The van der Waals surface area contributed by atoms with Crippen LogP contribution in [-0.2, 0) is 6.42 Å². The number of hydrogen-bond acceptors (Lipinski definition) is 4. The van der Waals surface area contributed by atoms with Crippen molar-refractivity contribution in [1.29, 1.82) is 0 Å². The molecule has 8 heteroatoms. The number of rotatable bonds is 3. The highest BCUT2D eigenvalue weighted by atomic mass is 35.5. The lowest BCUT2D eigenvalue weighted by atomic mass is 9.96. The molecule has 3 aromatic carbocycles. The predicted molar refractivity (Wildman–Crippen MR) is 109 cm³/mol. The molecular formula is C21H16ClF3N4. The minimum Gasteiger partial charge on any atom is -0.359 e. The molecular weight excluding hydrogens is 401 g/mol. The number of nitrogens with zero attached hydrogens (tertiary/aromatic N) is 1. The van der Waals surface area contributed by atoms with Gasteiger partial charge in [0, 0.05) is 29.3 Å². The third kappa shape index (κ3) is 3.92. The third-order valence-electron chi connectivity index (χ3n) is 4.56. The van der Waals surface area contributed by atoms with Gasteiger partial charge >= 0.3 is 0 Å². The maximum absolute atomic E-state index is 13.7. The number of nitrogens with two attached hydrogens (primary N) is 1. The van der Waals surface area contributed by atoms with Gasteiger partial charge in [-0.3, -0.25) is 0 Å². The molecule has 0 radical (unpaired) electrons. The summed E-state index contributed by atoms with van der Waals surface area (Å²) in [5.74, 6) is -3.92. The van der Waals surface area contributed by atoms with Crippen LogP contribution in [0.4, 0.5) is 30.2 Å². The molecule has 1 unspecified atom stereocenters. The summed E-state index contributed by atoms with van der Waals surface area (Å²) in [4.78, 5) is 4.54. The molecule has 148 valence electrons. The first-order valence-electron chi connectivity index (χ1n) is 8.75. The molecule has 0 aromatic heterocycles. The average Bonchev–Trinajstić information content (AvgIpc) is 2.68. The number of benzene rings is 3. The van der Waals surface area contributed by atoms with Crippen LogP contribution in [0, 0.1) is 17.5 Å². The Labute approximate surface area is 170 Å². The highest BCUT2D eigenvalue weighted by Gasteiger charge is 2.36. The largest absolute Gasteiger partial charge is 0.359 e. The molecule has 0 fully saturated rings. The first-order valence-corrected chi connectivity index (χ1v) is 9.13. The molecule has 1 heterocycles. The molecule has 1 aliphatic heterocycles. The van der Waals surface area contributed by atoms with Crippen LogP contribution in [0.3, 0.4) is 0 Å². The van der Waals surface area contributed by atoms with E-state index in [0.717, 1.165) is 17.7 Å². The summed E-state index contributed by atoms with van der Waals surface area (Å²) in [7, 11) is 0. The van der Waals surface area contributed by atoms with E-state index < -0.39 is 23.1 Å². The summed E-state index contributed by atoms with van der Waals surface area (Å²) >= 11 is 5.95. The molecule has 0 spiro atoms. The van der Waals surface area contributed by atoms with Gasteiger partial charge in [0.2, 0.25) is 0 Å². The van der Waals surface area contributed by atoms with Gasteiger partial charge in [0.05, 0.1) is 11.4 Å². The van der Waals surface area contributed by atoms with E-state index in [2.05, 4.69) is 15.6 Å². The van der Waals surface area contributed by atoms with Crippen molar-refractivity contribution < 1.29 is 13.2 Å². The normalized spacial score (nSPS) is 17.9. The van der Waals surface area contributed by atoms with Gasteiger partial charge in [-0.1, -0.05) is 35.9 Å². The molecule has 29 heavy (non-hydrogen) atoms. The van der Waals surface area contributed by atoms with Gasteiger partial charge in [-0.25, -0.2) is 18.2 Å². The number of aliphatic imine (C=N–C) groups is 1. The quantitative estimate of drug-likeness (QED) is 0.513. The van der Waals surface area contributed by atoms with E-state index in [1.54, 1.807) is 18.2 Å². The van der Waals surface area contributed by atoms with Gasteiger partial charge < -0.3 is 16.4 Å². The molecule has 4 N–H and O–H groups in total. The van der Waals surface area contributed by atoms with Gasteiger partial charge in [-0.15, -0.1) is 0 Å². The monoisotopic (exact) mass is 416 g/mol. The number of para-hydroxylation sites is 2. The first kappa shape index (κ1) is 19.3. The standard InChI is InChI=1S/C21H16ClF3N4/c22-13-7-5-12(6-8-13)11-21(26)20(28-17-3-1-2-4-18(17)29-21)27-14-9-15(23)19(25)16(24)10-14/h1-10,29H,11,26H2,(H,27,28). The zero-order valence-corrected chi connectivity index (χ0v) is 15.8.